The molecule has 1 unspecified atom stereocenters. The van der Waals surface area contributed by atoms with Crippen molar-refractivity contribution in [3.63, 3.8) is 0 Å². The lowest BCUT2D eigenvalue weighted by molar-refractivity contribution is -0.122. The van der Waals surface area contributed by atoms with Gasteiger partial charge in [-0.15, -0.1) is 6.58 Å². The monoisotopic (exact) mass is 394 g/mol. The SMILES string of the molecule is C=CC(CCCCCCCCC)CCC(=O)C(C)C.CCCCCCCCC. The Kier molecular flexibility index (Phi) is 25.9. The normalized spacial score (nSPS) is 11.8. The van der Waals surface area contributed by atoms with Crippen molar-refractivity contribution in [1.29, 1.82) is 0 Å². The van der Waals surface area contributed by atoms with Crippen LogP contribution in [0.1, 0.15) is 144 Å². The van der Waals surface area contributed by atoms with E-state index in [1.165, 1.54) is 96.3 Å². The van der Waals surface area contributed by atoms with Crippen molar-refractivity contribution in [1.82, 2.24) is 0 Å². The first-order valence-corrected chi connectivity index (χ1v) is 12.7. The predicted molar refractivity (Wildman–Crippen MR) is 129 cm³/mol. The Hall–Kier alpha value is -0.590. The topological polar surface area (TPSA) is 17.1 Å². The van der Waals surface area contributed by atoms with E-state index in [2.05, 4.69) is 27.4 Å². The highest BCUT2D eigenvalue weighted by atomic mass is 16.1. The zero-order chi connectivity index (χ0) is 21.5. The molecule has 0 saturated heterocycles. The minimum atomic E-state index is 0.184. The summed E-state index contributed by atoms with van der Waals surface area (Å²) in [6.45, 7) is 14.7. The third-order valence-electron chi connectivity index (χ3n) is 5.62. The fraction of sp³-hybridized carbons (Fsp3) is 0.889. The van der Waals surface area contributed by atoms with Crippen LogP contribution in [0.5, 0.6) is 0 Å². The molecule has 0 radical (unpaired) electrons. The molecule has 1 nitrogen and oxygen atoms in total. The summed E-state index contributed by atoms with van der Waals surface area (Å²) in [7, 11) is 0. The summed E-state index contributed by atoms with van der Waals surface area (Å²) in [5.74, 6) is 1.12. The number of carbonyl (C=O) groups is 1. The molecule has 0 amide bonds. The van der Waals surface area contributed by atoms with Gasteiger partial charge in [-0.25, -0.2) is 0 Å². The first-order valence-electron chi connectivity index (χ1n) is 12.7. The van der Waals surface area contributed by atoms with E-state index >= 15 is 0 Å². The molecule has 168 valence electrons. The number of ketones is 1. The summed E-state index contributed by atoms with van der Waals surface area (Å²) >= 11 is 0. The van der Waals surface area contributed by atoms with Gasteiger partial charge < -0.3 is 0 Å². The molecular weight excluding hydrogens is 340 g/mol. The third-order valence-corrected chi connectivity index (χ3v) is 5.62. The van der Waals surface area contributed by atoms with E-state index in [-0.39, 0.29) is 5.92 Å². The van der Waals surface area contributed by atoms with Crippen LogP contribution in [-0.2, 0) is 4.79 Å². The van der Waals surface area contributed by atoms with Crippen LogP contribution in [0.2, 0.25) is 0 Å². The van der Waals surface area contributed by atoms with Crippen LogP contribution in [-0.4, -0.2) is 5.78 Å². The summed E-state index contributed by atoms with van der Waals surface area (Å²) in [6.07, 6.45) is 24.4. The summed E-state index contributed by atoms with van der Waals surface area (Å²) < 4.78 is 0. The maximum atomic E-state index is 11.6. The molecule has 0 aromatic heterocycles. The average Bonchev–Trinajstić information content (AvgIpc) is 2.69. The highest BCUT2D eigenvalue weighted by Crippen LogP contribution is 2.19. The van der Waals surface area contributed by atoms with Crippen LogP contribution in [0.25, 0.3) is 0 Å². The number of carbonyl (C=O) groups excluding carboxylic acids is 1. The van der Waals surface area contributed by atoms with E-state index in [0.717, 1.165) is 12.8 Å². The second-order valence-electron chi connectivity index (χ2n) is 8.83. The summed E-state index contributed by atoms with van der Waals surface area (Å²) in [4.78, 5) is 11.6. The zero-order valence-corrected chi connectivity index (χ0v) is 20.4. The van der Waals surface area contributed by atoms with Gasteiger partial charge in [0.2, 0.25) is 0 Å². The van der Waals surface area contributed by atoms with Crippen molar-refractivity contribution < 1.29 is 4.79 Å². The fourth-order valence-electron chi connectivity index (χ4n) is 3.39. The molecule has 0 aromatic carbocycles. The van der Waals surface area contributed by atoms with Gasteiger partial charge in [0.05, 0.1) is 0 Å². The lowest BCUT2D eigenvalue weighted by Gasteiger charge is -2.12. The maximum Gasteiger partial charge on any atom is 0.135 e. The molecule has 0 heterocycles. The summed E-state index contributed by atoms with van der Waals surface area (Å²) in [6, 6.07) is 0. The van der Waals surface area contributed by atoms with Crippen molar-refractivity contribution in [2.45, 2.75) is 144 Å². The Balaban J connectivity index is 0. The number of unbranched alkanes of at least 4 members (excludes halogenated alkanes) is 12. The Morgan fingerprint density at radius 1 is 0.679 bits per heavy atom. The highest BCUT2D eigenvalue weighted by Gasteiger charge is 2.10. The molecule has 0 bridgehead atoms. The minimum Gasteiger partial charge on any atom is -0.299 e. The van der Waals surface area contributed by atoms with E-state index < -0.39 is 0 Å². The Morgan fingerprint density at radius 2 is 1.07 bits per heavy atom. The van der Waals surface area contributed by atoms with Crippen molar-refractivity contribution in [2.75, 3.05) is 0 Å². The molecular formula is C27H54O. The second kappa shape index (κ2) is 24.4. The van der Waals surface area contributed by atoms with Crippen LogP contribution in [0.15, 0.2) is 12.7 Å². The molecule has 0 aliphatic carbocycles. The summed E-state index contributed by atoms with van der Waals surface area (Å²) in [5.41, 5.74) is 0. The zero-order valence-electron chi connectivity index (χ0n) is 20.4. The van der Waals surface area contributed by atoms with E-state index in [4.69, 9.17) is 0 Å². The number of hydrogen-bond donors (Lipinski definition) is 0. The molecule has 0 aliphatic rings. The Bertz CT molecular complexity index is 312. The molecule has 0 aliphatic heterocycles. The van der Waals surface area contributed by atoms with Gasteiger partial charge in [0.25, 0.3) is 0 Å². The molecule has 28 heavy (non-hydrogen) atoms. The van der Waals surface area contributed by atoms with Gasteiger partial charge in [0, 0.05) is 12.3 Å². The smallest absolute Gasteiger partial charge is 0.135 e. The van der Waals surface area contributed by atoms with Gasteiger partial charge in [0.1, 0.15) is 5.78 Å². The first-order chi connectivity index (χ1) is 13.5. The van der Waals surface area contributed by atoms with Crippen molar-refractivity contribution in [2.24, 2.45) is 11.8 Å². The molecule has 1 heteroatoms. The van der Waals surface area contributed by atoms with Gasteiger partial charge in [-0.05, 0) is 18.8 Å². The highest BCUT2D eigenvalue weighted by molar-refractivity contribution is 5.80. The quantitative estimate of drug-likeness (QED) is 0.157. The van der Waals surface area contributed by atoms with Gasteiger partial charge >= 0.3 is 0 Å². The van der Waals surface area contributed by atoms with Crippen molar-refractivity contribution in [3.8, 4) is 0 Å². The number of hydrogen-bond acceptors (Lipinski definition) is 1. The lowest BCUT2D eigenvalue weighted by Crippen LogP contribution is -2.09. The van der Waals surface area contributed by atoms with Gasteiger partial charge in [0.15, 0.2) is 0 Å². The predicted octanol–water partition coefficient (Wildman–Crippen LogP) is 9.69. The van der Waals surface area contributed by atoms with E-state index in [1.807, 2.05) is 19.9 Å². The van der Waals surface area contributed by atoms with E-state index in [9.17, 15) is 4.79 Å². The van der Waals surface area contributed by atoms with Crippen LogP contribution in [0.4, 0.5) is 0 Å². The average molecular weight is 395 g/mol. The molecule has 0 saturated carbocycles. The number of allylic oxidation sites excluding steroid dienone is 1. The maximum absolute atomic E-state index is 11.6. The number of rotatable bonds is 19. The standard InChI is InChI=1S/C18H34O.C9H20/c1-5-7-8-9-10-11-12-13-17(6-2)14-15-18(19)16(3)4;1-3-5-7-9-8-6-4-2/h6,16-17H,2,5,7-15H2,1,3-4H3;3-9H2,1-2H3. The third kappa shape index (κ3) is 23.4. The molecule has 0 aromatic rings. The Morgan fingerprint density at radius 3 is 1.43 bits per heavy atom. The van der Waals surface area contributed by atoms with Crippen LogP contribution in [0.3, 0.4) is 0 Å². The van der Waals surface area contributed by atoms with Crippen LogP contribution < -0.4 is 0 Å². The van der Waals surface area contributed by atoms with E-state index in [0.29, 0.717) is 11.7 Å². The van der Waals surface area contributed by atoms with Crippen LogP contribution >= 0.6 is 0 Å². The summed E-state index contributed by atoms with van der Waals surface area (Å²) in [5, 5.41) is 0. The largest absolute Gasteiger partial charge is 0.299 e. The van der Waals surface area contributed by atoms with Crippen LogP contribution in [0, 0.1) is 11.8 Å². The van der Waals surface area contributed by atoms with Crippen molar-refractivity contribution in [3.05, 3.63) is 12.7 Å². The van der Waals surface area contributed by atoms with E-state index in [1.54, 1.807) is 0 Å². The number of Topliss-reactive ketones (excluding diaryl/α,β-unsaturated/α-hetero) is 1. The first kappa shape index (κ1) is 29.6. The fourth-order valence-corrected chi connectivity index (χ4v) is 3.39. The van der Waals surface area contributed by atoms with Crippen molar-refractivity contribution >= 4 is 5.78 Å². The van der Waals surface area contributed by atoms with Gasteiger partial charge in [-0.1, -0.05) is 131 Å². The van der Waals surface area contributed by atoms with Gasteiger partial charge in [-0.2, -0.15) is 0 Å². The second-order valence-corrected chi connectivity index (χ2v) is 8.83. The molecule has 1 atom stereocenters. The van der Waals surface area contributed by atoms with Gasteiger partial charge in [-0.3, -0.25) is 4.79 Å². The molecule has 0 rings (SSSR count). The molecule has 0 N–H and O–H groups in total. The molecule has 0 fully saturated rings. The lowest BCUT2D eigenvalue weighted by atomic mass is 9.93. The molecule has 0 spiro atoms. The minimum absolute atomic E-state index is 0.184. The Labute approximate surface area is 179 Å².